The predicted molar refractivity (Wildman–Crippen MR) is 143 cm³/mol. The number of hydrogen-bond acceptors (Lipinski definition) is 3. The van der Waals surface area contributed by atoms with Gasteiger partial charge in [0.1, 0.15) is 5.75 Å². The molecule has 1 aliphatic rings. The van der Waals surface area contributed by atoms with E-state index >= 15 is 0 Å². The standard InChI is InChI=1S/C31H35NO4/c1-21(2)22-13-15-23(16-14-22)24-8-5-10-26(18-24)29(33)32-17-7-11-27(20-32)25-9-6-12-28(19-25)36-31(3,4)30(34)35/h5-6,8-10,12-16,18-19,21,27H,7,11,17,20H2,1-4H3,(H,34,35). The van der Waals surface area contributed by atoms with E-state index < -0.39 is 11.6 Å². The van der Waals surface area contributed by atoms with E-state index in [1.807, 2.05) is 47.4 Å². The van der Waals surface area contributed by atoms with Crippen LogP contribution in [0.15, 0.2) is 72.8 Å². The van der Waals surface area contributed by atoms with E-state index in [0.717, 1.165) is 36.1 Å². The predicted octanol–water partition coefficient (Wildman–Crippen LogP) is 6.74. The summed E-state index contributed by atoms with van der Waals surface area (Å²) in [6.07, 6.45) is 1.89. The summed E-state index contributed by atoms with van der Waals surface area (Å²) in [6, 6.07) is 24.0. The zero-order chi connectivity index (χ0) is 25.9. The number of aliphatic carboxylic acids is 1. The maximum Gasteiger partial charge on any atom is 0.347 e. The van der Waals surface area contributed by atoms with E-state index in [0.29, 0.717) is 23.8 Å². The lowest BCUT2D eigenvalue weighted by atomic mass is 9.90. The average Bonchev–Trinajstić information content (AvgIpc) is 2.88. The van der Waals surface area contributed by atoms with Crippen LogP contribution in [0.25, 0.3) is 11.1 Å². The van der Waals surface area contributed by atoms with E-state index in [1.54, 1.807) is 6.07 Å². The Balaban J connectivity index is 1.49. The second-order valence-corrected chi connectivity index (χ2v) is 10.4. The van der Waals surface area contributed by atoms with Crippen molar-refractivity contribution in [2.45, 2.75) is 58.0 Å². The van der Waals surface area contributed by atoms with Crippen LogP contribution >= 0.6 is 0 Å². The Kier molecular flexibility index (Phi) is 7.48. The number of piperidine rings is 1. The number of hydrogen-bond donors (Lipinski definition) is 1. The van der Waals surface area contributed by atoms with Crippen LogP contribution in [0, 0.1) is 0 Å². The zero-order valence-electron chi connectivity index (χ0n) is 21.5. The van der Waals surface area contributed by atoms with E-state index in [1.165, 1.54) is 19.4 Å². The maximum atomic E-state index is 13.5. The van der Waals surface area contributed by atoms with Gasteiger partial charge in [0.25, 0.3) is 5.91 Å². The van der Waals surface area contributed by atoms with Gasteiger partial charge < -0.3 is 14.7 Å². The molecule has 1 saturated heterocycles. The lowest BCUT2D eigenvalue weighted by molar-refractivity contribution is -0.152. The van der Waals surface area contributed by atoms with Crippen molar-refractivity contribution in [2.24, 2.45) is 0 Å². The van der Waals surface area contributed by atoms with Gasteiger partial charge in [-0.05, 0) is 79.1 Å². The summed E-state index contributed by atoms with van der Waals surface area (Å²) in [5.74, 6) is 0.209. The van der Waals surface area contributed by atoms with Crippen molar-refractivity contribution in [3.05, 3.63) is 89.5 Å². The molecule has 3 aromatic carbocycles. The number of carboxylic acid groups (broad SMARTS) is 1. The molecule has 1 aliphatic heterocycles. The smallest absolute Gasteiger partial charge is 0.347 e. The number of benzene rings is 3. The molecule has 0 aliphatic carbocycles. The Bertz CT molecular complexity index is 1230. The van der Waals surface area contributed by atoms with E-state index in [9.17, 15) is 14.7 Å². The molecule has 1 heterocycles. The quantitative estimate of drug-likeness (QED) is 0.402. The first-order chi connectivity index (χ1) is 17.1. The lowest BCUT2D eigenvalue weighted by Crippen LogP contribution is -2.39. The van der Waals surface area contributed by atoms with Crippen LogP contribution in [0.5, 0.6) is 5.75 Å². The number of carboxylic acids is 1. The van der Waals surface area contributed by atoms with Crippen molar-refractivity contribution in [1.29, 1.82) is 0 Å². The highest BCUT2D eigenvalue weighted by Gasteiger charge is 2.30. The number of amides is 1. The molecule has 0 bridgehead atoms. The third-order valence-electron chi connectivity index (χ3n) is 6.95. The molecule has 5 nitrogen and oxygen atoms in total. The Labute approximate surface area is 213 Å². The van der Waals surface area contributed by atoms with Crippen molar-refractivity contribution in [3.8, 4) is 16.9 Å². The van der Waals surface area contributed by atoms with Gasteiger partial charge in [0.2, 0.25) is 0 Å². The van der Waals surface area contributed by atoms with E-state index in [-0.39, 0.29) is 11.8 Å². The molecule has 1 N–H and O–H groups in total. The fourth-order valence-corrected chi connectivity index (χ4v) is 4.68. The minimum absolute atomic E-state index is 0.0414. The van der Waals surface area contributed by atoms with Crippen LogP contribution < -0.4 is 4.74 Å². The second kappa shape index (κ2) is 10.6. The normalized spacial score (nSPS) is 16.1. The topological polar surface area (TPSA) is 66.8 Å². The van der Waals surface area contributed by atoms with Gasteiger partial charge >= 0.3 is 5.97 Å². The van der Waals surface area contributed by atoms with Crippen molar-refractivity contribution in [3.63, 3.8) is 0 Å². The van der Waals surface area contributed by atoms with Crippen LogP contribution in [0.1, 0.15) is 73.9 Å². The molecule has 0 radical (unpaired) electrons. The Morgan fingerprint density at radius 2 is 1.69 bits per heavy atom. The second-order valence-electron chi connectivity index (χ2n) is 10.4. The summed E-state index contributed by atoms with van der Waals surface area (Å²) >= 11 is 0. The number of nitrogens with zero attached hydrogens (tertiary/aromatic N) is 1. The molecule has 1 unspecified atom stereocenters. The summed E-state index contributed by atoms with van der Waals surface area (Å²) in [5.41, 5.74) is 3.88. The molecule has 3 aromatic rings. The molecule has 0 aromatic heterocycles. The molecule has 1 atom stereocenters. The summed E-state index contributed by atoms with van der Waals surface area (Å²) in [6.45, 7) is 8.79. The van der Waals surface area contributed by atoms with Gasteiger partial charge in [-0.1, -0.05) is 62.4 Å². The number of likely N-dealkylation sites (tertiary alicyclic amines) is 1. The summed E-state index contributed by atoms with van der Waals surface area (Å²) < 4.78 is 5.73. The van der Waals surface area contributed by atoms with Crippen molar-refractivity contribution in [1.82, 2.24) is 4.90 Å². The zero-order valence-corrected chi connectivity index (χ0v) is 21.5. The SMILES string of the molecule is CC(C)c1ccc(-c2cccc(C(=O)N3CCCC(c4cccc(OC(C)(C)C(=O)O)c4)C3)c2)cc1. The highest BCUT2D eigenvalue weighted by Crippen LogP contribution is 2.31. The minimum atomic E-state index is -1.31. The van der Waals surface area contributed by atoms with Gasteiger partial charge in [0, 0.05) is 24.6 Å². The van der Waals surface area contributed by atoms with Gasteiger partial charge in [-0.15, -0.1) is 0 Å². The number of ether oxygens (including phenoxy) is 1. The van der Waals surface area contributed by atoms with Gasteiger partial charge in [0.05, 0.1) is 0 Å². The summed E-state index contributed by atoms with van der Waals surface area (Å²) in [4.78, 5) is 26.9. The van der Waals surface area contributed by atoms with E-state index in [4.69, 9.17) is 4.74 Å². The van der Waals surface area contributed by atoms with Crippen molar-refractivity contribution < 1.29 is 19.4 Å². The number of carbonyl (C=O) groups is 2. The number of rotatable bonds is 7. The fourth-order valence-electron chi connectivity index (χ4n) is 4.68. The lowest BCUT2D eigenvalue weighted by Gasteiger charge is -2.33. The third kappa shape index (κ3) is 5.78. The van der Waals surface area contributed by atoms with Crippen LogP contribution in [0.2, 0.25) is 0 Å². The highest BCUT2D eigenvalue weighted by atomic mass is 16.5. The Hall–Kier alpha value is -3.60. The molecule has 0 saturated carbocycles. The van der Waals surface area contributed by atoms with Crippen molar-refractivity contribution in [2.75, 3.05) is 13.1 Å². The first kappa shape index (κ1) is 25.5. The molecule has 0 spiro atoms. The molecule has 36 heavy (non-hydrogen) atoms. The first-order valence-corrected chi connectivity index (χ1v) is 12.7. The maximum absolute atomic E-state index is 13.5. The van der Waals surface area contributed by atoms with Crippen LogP contribution in [-0.4, -0.2) is 40.6 Å². The number of carbonyl (C=O) groups excluding carboxylic acids is 1. The average molecular weight is 486 g/mol. The Morgan fingerprint density at radius 1 is 0.972 bits per heavy atom. The minimum Gasteiger partial charge on any atom is -0.478 e. The third-order valence-corrected chi connectivity index (χ3v) is 6.95. The monoisotopic (exact) mass is 485 g/mol. The highest BCUT2D eigenvalue weighted by molar-refractivity contribution is 5.95. The molecular formula is C31H35NO4. The fraction of sp³-hybridized carbons (Fsp3) is 0.355. The molecule has 5 heteroatoms. The largest absolute Gasteiger partial charge is 0.478 e. The van der Waals surface area contributed by atoms with Gasteiger partial charge in [0.15, 0.2) is 5.60 Å². The van der Waals surface area contributed by atoms with Crippen molar-refractivity contribution >= 4 is 11.9 Å². The molecule has 4 rings (SSSR count). The van der Waals surface area contributed by atoms with Crippen LogP contribution in [0.3, 0.4) is 0 Å². The summed E-state index contributed by atoms with van der Waals surface area (Å²) in [7, 11) is 0. The summed E-state index contributed by atoms with van der Waals surface area (Å²) in [5, 5.41) is 9.38. The molecular weight excluding hydrogens is 450 g/mol. The van der Waals surface area contributed by atoms with E-state index in [2.05, 4.69) is 38.1 Å². The van der Waals surface area contributed by atoms with Gasteiger partial charge in [-0.2, -0.15) is 0 Å². The van der Waals surface area contributed by atoms with Crippen LogP contribution in [0.4, 0.5) is 0 Å². The van der Waals surface area contributed by atoms with Gasteiger partial charge in [-0.25, -0.2) is 4.79 Å². The molecule has 1 amide bonds. The molecule has 1 fully saturated rings. The first-order valence-electron chi connectivity index (χ1n) is 12.7. The Morgan fingerprint density at radius 3 is 2.39 bits per heavy atom. The molecule has 188 valence electrons. The van der Waals surface area contributed by atoms with Crippen LogP contribution in [-0.2, 0) is 4.79 Å². The van der Waals surface area contributed by atoms with Gasteiger partial charge in [-0.3, -0.25) is 4.79 Å².